The first-order valence-corrected chi connectivity index (χ1v) is 6.47. The Balaban J connectivity index is 2.25. The fraction of sp³-hybridized carbons (Fsp3) is 1.00. The minimum atomic E-state index is 0.725. The maximum Gasteiger partial charge on any atom is 0.0192 e. The molecule has 1 aliphatic rings. The van der Waals surface area contributed by atoms with Crippen LogP contribution in [-0.2, 0) is 0 Å². The van der Waals surface area contributed by atoms with Gasteiger partial charge in [-0.3, -0.25) is 0 Å². The molecule has 3 heteroatoms. The van der Waals surface area contributed by atoms with Crippen LogP contribution in [0.25, 0.3) is 0 Å². The summed E-state index contributed by atoms with van der Waals surface area (Å²) in [4.78, 5) is 2.59. The normalized spacial score (nSPS) is 27.5. The highest BCUT2D eigenvalue weighted by Crippen LogP contribution is 2.13. The first-order chi connectivity index (χ1) is 6.26. The van der Waals surface area contributed by atoms with E-state index in [9.17, 15) is 0 Å². The zero-order valence-corrected chi connectivity index (χ0v) is 9.86. The molecular weight excluding hydrogens is 180 g/mol. The highest BCUT2D eigenvalue weighted by molar-refractivity contribution is 7.99. The second kappa shape index (κ2) is 5.89. The Morgan fingerprint density at radius 3 is 3.00 bits per heavy atom. The standard InChI is InChI=1S/C10H22N2S/c1-9(13-3)7-12-6-4-5-10(8-12)11-2/h9-11H,4-8H2,1-3H3. The number of nitrogens with zero attached hydrogens (tertiary/aromatic N) is 1. The fourth-order valence-corrected chi connectivity index (χ4v) is 2.26. The Morgan fingerprint density at radius 2 is 2.38 bits per heavy atom. The van der Waals surface area contributed by atoms with Crippen molar-refractivity contribution in [1.29, 1.82) is 0 Å². The molecule has 0 amide bonds. The highest BCUT2D eigenvalue weighted by Gasteiger charge is 2.19. The van der Waals surface area contributed by atoms with Gasteiger partial charge in [-0.25, -0.2) is 0 Å². The van der Waals surface area contributed by atoms with E-state index in [0.717, 1.165) is 11.3 Å². The molecule has 1 heterocycles. The van der Waals surface area contributed by atoms with Gasteiger partial charge in [0, 0.05) is 24.4 Å². The molecule has 2 unspecified atom stereocenters. The molecule has 2 nitrogen and oxygen atoms in total. The Bertz CT molecular complexity index is 139. The summed E-state index contributed by atoms with van der Waals surface area (Å²) < 4.78 is 0. The molecule has 0 spiro atoms. The van der Waals surface area contributed by atoms with E-state index in [2.05, 4.69) is 30.4 Å². The van der Waals surface area contributed by atoms with E-state index in [0.29, 0.717) is 0 Å². The van der Waals surface area contributed by atoms with E-state index < -0.39 is 0 Å². The Kier molecular flexibility index (Phi) is 5.14. The van der Waals surface area contributed by atoms with Crippen molar-refractivity contribution in [3.8, 4) is 0 Å². The summed E-state index contributed by atoms with van der Waals surface area (Å²) in [5, 5.41) is 4.15. The molecule has 0 aromatic rings. The predicted octanol–water partition coefficient (Wildman–Crippen LogP) is 1.42. The maximum atomic E-state index is 3.38. The van der Waals surface area contributed by atoms with Gasteiger partial charge in [-0.05, 0) is 32.7 Å². The molecule has 0 aromatic carbocycles. The molecule has 0 aliphatic carbocycles. The van der Waals surface area contributed by atoms with Crippen LogP contribution in [0.15, 0.2) is 0 Å². The van der Waals surface area contributed by atoms with Gasteiger partial charge in [-0.15, -0.1) is 0 Å². The van der Waals surface area contributed by atoms with Crippen LogP contribution in [0.3, 0.4) is 0 Å². The molecule has 0 radical (unpaired) electrons. The number of hydrogen-bond donors (Lipinski definition) is 1. The average Bonchev–Trinajstić information content (AvgIpc) is 2.18. The third-order valence-electron chi connectivity index (χ3n) is 2.83. The fourth-order valence-electron chi connectivity index (χ4n) is 1.90. The first-order valence-electron chi connectivity index (χ1n) is 5.18. The molecule has 0 aromatic heterocycles. The van der Waals surface area contributed by atoms with Gasteiger partial charge in [-0.1, -0.05) is 6.92 Å². The van der Waals surface area contributed by atoms with E-state index in [4.69, 9.17) is 0 Å². The summed E-state index contributed by atoms with van der Waals surface area (Å²) in [6, 6.07) is 0.725. The van der Waals surface area contributed by atoms with Gasteiger partial charge in [-0.2, -0.15) is 11.8 Å². The number of likely N-dealkylation sites (tertiary alicyclic amines) is 1. The Labute approximate surface area is 86.5 Å². The molecule has 1 rings (SSSR count). The van der Waals surface area contributed by atoms with Gasteiger partial charge in [0.1, 0.15) is 0 Å². The summed E-state index contributed by atoms with van der Waals surface area (Å²) in [7, 11) is 2.08. The highest BCUT2D eigenvalue weighted by atomic mass is 32.2. The second-order valence-corrected chi connectivity index (χ2v) is 5.21. The van der Waals surface area contributed by atoms with E-state index >= 15 is 0 Å². The number of likely N-dealkylation sites (N-methyl/N-ethyl adjacent to an activating group) is 1. The van der Waals surface area contributed by atoms with E-state index in [1.54, 1.807) is 0 Å². The van der Waals surface area contributed by atoms with Gasteiger partial charge < -0.3 is 10.2 Å². The van der Waals surface area contributed by atoms with E-state index in [1.807, 2.05) is 11.8 Å². The van der Waals surface area contributed by atoms with Crippen LogP contribution in [-0.4, -0.2) is 49.1 Å². The summed E-state index contributed by atoms with van der Waals surface area (Å²) in [6.45, 7) is 6.09. The average molecular weight is 202 g/mol. The minimum Gasteiger partial charge on any atom is -0.316 e. The van der Waals surface area contributed by atoms with Crippen molar-refractivity contribution in [3.63, 3.8) is 0 Å². The topological polar surface area (TPSA) is 15.3 Å². The van der Waals surface area contributed by atoms with Crippen molar-refractivity contribution in [2.24, 2.45) is 0 Å². The molecule has 1 aliphatic heterocycles. The van der Waals surface area contributed by atoms with Crippen molar-refractivity contribution in [1.82, 2.24) is 10.2 Å². The maximum absolute atomic E-state index is 3.38. The van der Waals surface area contributed by atoms with Gasteiger partial charge in [0.05, 0.1) is 0 Å². The molecular formula is C10H22N2S. The van der Waals surface area contributed by atoms with Crippen LogP contribution in [0.4, 0.5) is 0 Å². The van der Waals surface area contributed by atoms with E-state index in [-0.39, 0.29) is 0 Å². The lowest BCUT2D eigenvalue weighted by Gasteiger charge is -2.33. The molecule has 1 N–H and O–H groups in total. The first kappa shape index (κ1) is 11.3. The van der Waals surface area contributed by atoms with Gasteiger partial charge >= 0.3 is 0 Å². The van der Waals surface area contributed by atoms with Crippen molar-refractivity contribution < 1.29 is 0 Å². The van der Waals surface area contributed by atoms with Crippen molar-refractivity contribution in [2.75, 3.05) is 32.9 Å². The minimum absolute atomic E-state index is 0.725. The van der Waals surface area contributed by atoms with Crippen molar-refractivity contribution in [3.05, 3.63) is 0 Å². The van der Waals surface area contributed by atoms with Crippen LogP contribution < -0.4 is 5.32 Å². The third-order valence-corrected chi connectivity index (χ3v) is 3.79. The lowest BCUT2D eigenvalue weighted by molar-refractivity contribution is 0.198. The number of thioether (sulfide) groups is 1. The molecule has 13 heavy (non-hydrogen) atoms. The van der Waals surface area contributed by atoms with Crippen LogP contribution in [0, 0.1) is 0 Å². The van der Waals surface area contributed by atoms with Crippen LogP contribution in [0.2, 0.25) is 0 Å². The molecule has 0 bridgehead atoms. The Morgan fingerprint density at radius 1 is 1.62 bits per heavy atom. The summed E-state index contributed by atoms with van der Waals surface area (Å²) in [5.41, 5.74) is 0. The van der Waals surface area contributed by atoms with Gasteiger partial charge in [0.25, 0.3) is 0 Å². The quantitative estimate of drug-likeness (QED) is 0.742. The zero-order valence-electron chi connectivity index (χ0n) is 9.05. The molecule has 1 fully saturated rings. The summed E-state index contributed by atoms with van der Waals surface area (Å²) >= 11 is 1.97. The molecule has 0 saturated carbocycles. The largest absolute Gasteiger partial charge is 0.316 e. The van der Waals surface area contributed by atoms with Crippen molar-refractivity contribution in [2.45, 2.75) is 31.1 Å². The van der Waals surface area contributed by atoms with E-state index in [1.165, 1.54) is 32.5 Å². The summed E-state index contributed by atoms with van der Waals surface area (Å²) in [5.74, 6) is 0. The third kappa shape index (κ3) is 3.88. The van der Waals surface area contributed by atoms with Crippen molar-refractivity contribution >= 4 is 11.8 Å². The van der Waals surface area contributed by atoms with Crippen LogP contribution in [0.5, 0.6) is 0 Å². The van der Waals surface area contributed by atoms with Gasteiger partial charge in [0.15, 0.2) is 0 Å². The number of hydrogen-bond acceptors (Lipinski definition) is 3. The molecule has 2 atom stereocenters. The van der Waals surface area contributed by atoms with Crippen LogP contribution >= 0.6 is 11.8 Å². The number of rotatable bonds is 4. The molecule has 78 valence electrons. The molecule has 1 saturated heterocycles. The SMILES string of the molecule is CNC1CCCN(CC(C)SC)C1. The lowest BCUT2D eigenvalue weighted by Crippen LogP contribution is -2.46. The summed E-state index contributed by atoms with van der Waals surface area (Å²) in [6.07, 6.45) is 4.90. The second-order valence-electron chi connectivity index (χ2n) is 3.93. The van der Waals surface area contributed by atoms with Crippen LogP contribution in [0.1, 0.15) is 19.8 Å². The number of piperidine rings is 1. The Hall–Kier alpha value is 0.270. The predicted molar refractivity (Wildman–Crippen MR) is 61.5 cm³/mol. The van der Waals surface area contributed by atoms with Gasteiger partial charge in [0.2, 0.25) is 0 Å². The lowest BCUT2D eigenvalue weighted by atomic mass is 10.1. The zero-order chi connectivity index (χ0) is 9.68. The monoisotopic (exact) mass is 202 g/mol. The number of nitrogens with one attached hydrogen (secondary N) is 1. The smallest absolute Gasteiger partial charge is 0.0192 e.